The maximum atomic E-state index is 9.22. The first kappa shape index (κ1) is 7.86. The Bertz CT molecular complexity index is 423. The van der Waals surface area contributed by atoms with E-state index in [-0.39, 0.29) is 0 Å². The van der Waals surface area contributed by atoms with Crippen LogP contribution in [0, 0.1) is 3.57 Å². The first-order valence-electron chi connectivity index (χ1n) is 3.64. The molecule has 2 aromatic rings. The average molecular weight is 270 g/mol. The quantitative estimate of drug-likeness (QED) is 0.729. The van der Waals surface area contributed by atoms with Gasteiger partial charge < -0.3 is 5.11 Å². The molecule has 1 N–H and O–H groups in total. The van der Waals surface area contributed by atoms with E-state index in [0.717, 1.165) is 5.39 Å². The monoisotopic (exact) mass is 270 g/mol. The summed E-state index contributed by atoms with van der Waals surface area (Å²) in [6.07, 6.45) is 0. The number of phenolic OH excluding ortho intramolecular Hbond substituents is 1. The number of hydrogen-bond donors (Lipinski definition) is 1. The minimum atomic E-state index is 0.324. The molecule has 1 nitrogen and oxygen atoms in total. The van der Waals surface area contributed by atoms with Gasteiger partial charge in [-0.15, -0.1) is 0 Å². The van der Waals surface area contributed by atoms with Gasteiger partial charge in [-0.2, -0.15) is 0 Å². The van der Waals surface area contributed by atoms with Gasteiger partial charge in [0, 0.05) is 3.57 Å². The van der Waals surface area contributed by atoms with Crippen molar-refractivity contribution in [2.24, 2.45) is 0 Å². The van der Waals surface area contributed by atoms with Crippen LogP contribution in [-0.4, -0.2) is 5.11 Å². The molecule has 0 amide bonds. The maximum Gasteiger partial charge on any atom is 0.116 e. The van der Waals surface area contributed by atoms with Gasteiger partial charge in [0.2, 0.25) is 0 Å². The molecule has 60 valence electrons. The minimum Gasteiger partial charge on any atom is -0.508 e. The summed E-state index contributed by atoms with van der Waals surface area (Å²) in [5.74, 6) is 0.324. The molecule has 0 atom stereocenters. The van der Waals surface area contributed by atoms with E-state index in [1.165, 1.54) is 8.96 Å². The zero-order valence-electron chi connectivity index (χ0n) is 6.29. The van der Waals surface area contributed by atoms with E-state index in [2.05, 4.69) is 28.7 Å². The first-order chi connectivity index (χ1) is 5.77. The van der Waals surface area contributed by atoms with Gasteiger partial charge in [-0.1, -0.05) is 12.1 Å². The summed E-state index contributed by atoms with van der Waals surface area (Å²) in [4.78, 5) is 0. The predicted octanol–water partition coefficient (Wildman–Crippen LogP) is 3.15. The Balaban J connectivity index is 2.86. The molecule has 2 heteroatoms. The molecule has 0 fully saturated rings. The first-order valence-corrected chi connectivity index (χ1v) is 4.72. The zero-order valence-corrected chi connectivity index (χ0v) is 8.45. The second-order valence-corrected chi connectivity index (χ2v) is 3.81. The highest BCUT2D eigenvalue weighted by Gasteiger charge is 1.97. The molecule has 12 heavy (non-hydrogen) atoms. The Hall–Kier alpha value is -0.770. The van der Waals surface area contributed by atoms with Crippen LogP contribution in [0.2, 0.25) is 0 Å². The number of hydrogen-bond acceptors (Lipinski definition) is 1. The largest absolute Gasteiger partial charge is 0.508 e. The fourth-order valence-electron chi connectivity index (χ4n) is 1.23. The Morgan fingerprint density at radius 1 is 1.08 bits per heavy atom. The van der Waals surface area contributed by atoms with Crippen molar-refractivity contribution in [3.8, 4) is 5.75 Å². The Morgan fingerprint density at radius 3 is 2.75 bits per heavy atom. The van der Waals surface area contributed by atoms with Crippen LogP contribution in [-0.2, 0) is 0 Å². The van der Waals surface area contributed by atoms with Gasteiger partial charge >= 0.3 is 0 Å². The van der Waals surface area contributed by atoms with Gasteiger partial charge in [-0.3, -0.25) is 0 Å². The third kappa shape index (κ3) is 1.27. The number of benzene rings is 2. The standard InChI is InChI=1S/C10H7IO/c11-10-3-1-2-7-6-8(12)4-5-9(7)10/h1-6,12H. The number of rotatable bonds is 0. The average Bonchev–Trinajstić information content (AvgIpc) is 2.04. The van der Waals surface area contributed by atoms with E-state index in [1.807, 2.05) is 18.2 Å². The molecular formula is C10H7IO. The summed E-state index contributed by atoms with van der Waals surface area (Å²) in [7, 11) is 0. The molecular weight excluding hydrogens is 263 g/mol. The summed E-state index contributed by atoms with van der Waals surface area (Å²) in [5.41, 5.74) is 0. The molecule has 0 aliphatic carbocycles. The molecule has 0 spiro atoms. The molecule has 0 heterocycles. The molecule has 0 unspecified atom stereocenters. The third-order valence-corrected chi connectivity index (χ3v) is 2.75. The van der Waals surface area contributed by atoms with Gasteiger partial charge in [0.25, 0.3) is 0 Å². The summed E-state index contributed by atoms with van der Waals surface area (Å²) >= 11 is 2.29. The van der Waals surface area contributed by atoms with Crippen molar-refractivity contribution in [2.45, 2.75) is 0 Å². The fourth-order valence-corrected chi connectivity index (χ4v) is 1.93. The molecule has 0 radical (unpaired) electrons. The number of halogens is 1. The van der Waals surface area contributed by atoms with Crippen LogP contribution in [0.3, 0.4) is 0 Å². The Labute approximate surface area is 84.2 Å². The van der Waals surface area contributed by atoms with Crippen molar-refractivity contribution in [1.29, 1.82) is 0 Å². The Kier molecular flexibility index (Phi) is 1.92. The van der Waals surface area contributed by atoms with Crippen LogP contribution < -0.4 is 0 Å². The van der Waals surface area contributed by atoms with Gasteiger partial charge in [0.05, 0.1) is 0 Å². The highest BCUT2D eigenvalue weighted by Crippen LogP contribution is 2.23. The van der Waals surface area contributed by atoms with Gasteiger partial charge in [-0.25, -0.2) is 0 Å². The molecule has 0 aromatic heterocycles. The van der Waals surface area contributed by atoms with E-state index in [0.29, 0.717) is 5.75 Å². The van der Waals surface area contributed by atoms with E-state index in [4.69, 9.17) is 0 Å². The molecule has 2 rings (SSSR count). The molecule has 0 aliphatic rings. The normalized spacial score (nSPS) is 10.4. The third-order valence-electron chi connectivity index (χ3n) is 1.81. The number of fused-ring (bicyclic) bond motifs is 1. The van der Waals surface area contributed by atoms with Crippen LogP contribution in [0.25, 0.3) is 10.8 Å². The molecule has 0 saturated carbocycles. The summed E-state index contributed by atoms with van der Waals surface area (Å²) < 4.78 is 1.21. The number of aromatic hydroxyl groups is 1. The second-order valence-electron chi connectivity index (χ2n) is 2.65. The van der Waals surface area contributed by atoms with Crippen molar-refractivity contribution < 1.29 is 5.11 Å². The highest BCUT2D eigenvalue weighted by molar-refractivity contribution is 14.1. The van der Waals surface area contributed by atoms with Crippen molar-refractivity contribution in [3.05, 3.63) is 40.0 Å². The predicted molar refractivity (Wildman–Crippen MR) is 58.3 cm³/mol. The van der Waals surface area contributed by atoms with Crippen LogP contribution >= 0.6 is 22.6 Å². The van der Waals surface area contributed by atoms with Crippen molar-refractivity contribution in [3.63, 3.8) is 0 Å². The molecule has 2 aromatic carbocycles. The molecule has 0 saturated heterocycles. The topological polar surface area (TPSA) is 20.2 Å². The minimum absolute atomic E-state index is 0.324. The van der Waals surface area contributed by atoms with E-state index in [1.54, 1.807) is 12.1 Å². The Morgan fingerprint density at radius 2 is 1.92 bits per heavy atom. The summed E-state index contributed by atoms with van der Waals surface area (Å²) in [5, 5.41) is 11.5. The van der Waals surface area contributed by atoms with Crippen LogP contribution in [0.4, 0.5) is 0 Å². The SMILES string of the molecule is Oc1ccc2c(I)cccc2c1. The van der Waals surface area contributed by atoms with Crippen molar-refractivity contribution >= 4 is 33.4 Å². The van der Waals surface area contributed by atoms with E-state index < -0.39 is 0 Å². The smallest absolute Gasteiger partial charge is 0.116 e. The molecule has 0 aliphatic heterocycles. The summed E-state index contributed by atoms with van der Waals surface area (Å²) in [6.45, 7) is 0. The van der Waals surface area contributed by atoms with Crippen LogP contribution in [0.1, 0.15) is 0 Å². The van der Waals surface area contributed by atoms with Crippen LogP contribution in [0.15, 0.2) is 36.4 Å². The lowest BCUT2D eigenvalue weighted by atomic mass is 10.1. The van der Waals surface area contributed by atoms with E-state index >= 15 is 0 Å². The maximum absolute atomic E-state index is 9.22. The van der Waals surface area contributed by atoms with Crippen molar-refractivity contribution in [2.75, 3.05) is 0 Å². The highest BCUT2D eigenvalue weighted by atomic mass is 127. The lowest BCUT2D eigenvalue weighted by Crippen LogP contribution is -1.75. The fraction of sp³-hybridized carbons (Fsp3) is 0. The lowest BCUT2D eigenvalue weighted by molar-refractivity contribution is 0.476. The van der Waals surface area contributed by atoms with Gasteiger partial charge in [-0.05, 0) is 57.6 Å². The van der Waals surface area contributed by atoms with Crippen LogP contribution in [0.5, 0.6) is 5.75 Å². The zero-order chi connectivity index (χ0) is 8.55. The van der Waals surface area contributed by atoms with E-state index in [9.17, 15) is 5.11 Å². The lowest BCUT2D eigenvalue weighted by Gasteiger charge is -1.99. The van der Waals surface area contributed by atoms with Gasteiger partial charge in [0.1, 0.15) is 5.75 Å². The number of phenols is 1. The second kappa shape index (κ2) is 2.94. The summed E-state index contributed by atoms with van der Waals surface area (Å²) in [6, 6.07) is 11.5. The van der Waals surface area contributed by atoms with Gasteiger partial charge in [0.15, 0.2) is 0 Å². The van der Waals surface area contributed by atoms with Crippen molar-refractivity contribution in [1.82, 2.24) is 0 Å². The molecule has 0 bridgehead atoms.